The molecule has 1 rings (SSSR count). The Hall–Kier alpha value is -2.37. The van der Waals surface area contributed by atoms with Gasteiger partial charge in [-0.2, -0.15) is 0 Å². The Balaban J connectivity index is 2.51. The van der Waals surface area contributed by atoms with Gasteiger partial charge in [-0.15, -0.1) is 0 Å². The predicted molar refractivity (Wildman–Crippen MR) is 69.9 cm³/mol. The number of aliphatic carboxylic acids is 1. The highest BCUT2D eigenvalue weighted by Crippen LogP contribution is 2.11. The molecule has 108 valence electrons. The smallest absolute Gasteiger partial charge is 0.338 e. The molecule has 0 heterocycles. The first-order chi connectivity index (χ1) is 9.52. The number of carboxylic acids is 1. The first-order valence-corrected chi connectivity index (χ1v) is 6.29. The predicted octanol–water partition coefficient (Wildman–Crippen LogP) is 0.722. The molecular formula is C14H16NO5-. The van der Waals surface area contributed by atoms with Crippen molar-refractivity contribution in [2.45, 2.75) is 26.2 Å². The zero-order chi connectivity index (χ0) is 15.0. The number of hydrogen-bond donors (Lipinski definition) is 1. The Kier molecular flexibility index (Phi) is 6.22. The van der Waals surface area contributed by atoms with E-state index in [2.05, 4.69) is 5.32 Å². The quantitative estimate of drug-likeness (QED) is 0.741. The van der Waals surface area contributed by atoms with Crippen LogP contribution < -0.4 is 10.4 Å². The third kappa shape index (κ3) is 5.51. The largest absolute Gasteiger partial charge is 0.550 e. The summed E-state index contributed by atoms with van der Waals surface area (Å²) in [6.07, 6.45) is 0.272. The van der Waals surface area contributed by atoms with Gasteiger partial charge in [0.1, 0.15) is 0 Å². The molecule has 6 heteroatoms. The van der Waals surface area contributed by atoms with Crippen LogP contribution in [0, 0.1) is 0 Å². The maximum atomic E-state index is 11.5. The molecule has 0 saturated carbocycles. The summed E-state index contributed by atoms with van der Waals surface area (Å²) in [5, 5.41) is 12.7. The standard InChI is InChI=1S/C14H17NO5/c1-2-9-20-14(19)10-3-5-11(6-4-10)15-12(16)7-8-13(17)18/h3-6H,2,7-9H2,1H3,(H,15,16)(H,17,18)/p-1. The lowest BCUT2D eigenvalue weighted by Crippen LogP contribution is -2.24. The Morgan fingerprint density at radius 3 is 2.35 bits per heavy atom. The number of amides is 1. The molecule has 0 aliphatic rings. The third-order valence-electron chi connectivity index (χ3n) is 2.40. The fourth-order valence-corrected chi connectivity index (χ4v) is 1.41. The normalized spacial score (nSPS) is 9.85. The highest BCUT2D eigenvalue weighted by molar-refractivity contribution is 5.93. The molecule has 0 spiro atoms. The molecule has 0 saturated heterocycles. The Morgan fingerprint density at radius 2 is 1.80 bits per heavy atom. The van der Waals surface area contributed by atoms with Crippen molar-refractivity contribution in [1.82, 2.24) is 0 Å². The molecular weight excluding hydrogens is 262 g/mol. The van der Waals surface area contributed by atoms with E-state index in [1.165, 1.54) is 12.1 Å². The molecule has 1 aromatic rings. The molecule has 0 bridgehead atoms. The maximum absolute atomic E-state index is 11.5. The number of rotatable bonds is 7. The van der Waals surface area contributed by atoms with Gasteiger partial charge in [0.15, 0.2) is 0 Å². The van der Waals surface area contributed by atoms with Crippen molar-refractivity contribution in [3.05, 3.63) is 29.8 Å². The lowest BCUT2D eigenvalue weighted by Gasteiger charge is -2.07. The van der Waals surface area contributed by atoms with Crippen LogP contribution in [0.5, 0.6) is 0 Å². The Labute approximate surface area is 116 Å². The Morgan fingerprint density at radius 1 is 1.15 bits per heavy atom. The molecule has 0 fully saturated rings. The molecule has 6 nitrogen and oxygen atoms in total. The third-order valence-corrected chi connectivity index (χ3v) is 2.40. The lowest BCUT2D eigenvalue weighted by atomic mass is 10.2. The van der Waals surface area contributed by atoms with Crippen molar-refractivity contribution in [2.75, 3.05) is 11.9 Å². The number of ether oxygens (including phenoxy) is 1. The molecule has 0 aliphatic heterocycles. The second kappa shape index (κ2) is 7.93. The van der Waals surface area contributed by atoms with E-state index in [-0.39, 0.29) is 12.8 Å². The van der Waals surface area contributed by atoms with E-state index in [1.807, 2.05) is 6.92 Å². The van der Waals surface area contributed by atoms with E-state index in [0.717, 1.165) is 6.42 Å². The fraction of sp³-hybridized carbons (Fsp3) is 0.357. The highest BCUT2D eigenvalue weighted by atomic mass is 16.5. The summed E-state index contributed by atoms with van der Waals surface area (Å²) < 4.78 is 4.96. The number of carbonyl (C=O) groups is 3. The minimum absolute atomic E-state index is 0.150. The lowest BCUT2D eigenvalue weighted by molar-refractivity contribution is -0.305. The number of anilines is 1. The van der Waals surface area contributed by atoms with E-state index in [0.29, 0.717) is 17.9 Å². The van der Waals surface area contributed by atoms with Crippen LogP contribution in [0.25, 0.3) is 0 Å². The van der Waals surface area contributed by atoms with E-state index in [1.54, 1.807) is 12.1 Å². The highest BCUT2D eigenvalue weighted by Gasteiger charge is 2.07. The van der Waals surface area contributed by atoms with Crippen molar-refractivity contribution in [2.24, 2.45) is 0 Å². The topological polar surface area (TPSA) is 95.5 Å². The summed E-state index contributed by atoms with van der Waals surface area (Å²) in [6, 6.07) is 6.18. The Bertz CT molecular complexity index is 481. The van der Waals surface area contributed by atoms with Gasteiger partial charge in [-0.05, 0) is 37.1 Å². The number of carboxylic acid groups (broad SMARTS) is 1. The summed E-state index contributed by atoms with van der Waals surface area (Å²) in [5.74, 6) is -2.11. The van der Waals surface area contributed by atoms with Gasteiger partial charge in [-0.3, -0.25) is 4.79 Å². The summed E-state index contributed by atoms with van der Waals surface area (Å²) in [4.78, 5) is 33.1. The molecule has 0 aromatic heterocycles. The van der Waals surface area contributed by atoms with Crippen LogP contribution >= 0.6 is 0 Å². The van der Waals surface area contributed by atoms with Gasteiger partial charge in [0.05, 0.1) is 12.2 Å². The van der Waals surface area contributed by atoms with Gasteiger partial charge >= 0.3 is 5.97 Å². The van der Waals surface area contributed by atoms with Crippen LogP contribution in [0.1, 0.15) is 36.5 Å². The molecule has 1 aromatic carbocycles. The molecule has 1 amide bonds. The van der Waals surface area contributed by atoms with E-state index < -0.39 is 17.8 Å². The molecule has 0 unspecified atom stereocenters. The van der Waals surface area contributed by atoms with Crippen molar-refractivity contribution >= 4 is 23.5 Å². The summed E-state index contributed by atoms with van der Waals surface area (Å²) in [6.45, 7) is 2.26. The molecule has 0 aliphatic carbocycles. The number of carbonyl (C=O) groups excluding carboxylic acids is 3. The van der Waals surface area contributed by atoms with E-state index >= 15 is 0 Å². The second-order valence-corrected chi connectivity index (χ2v) is 4.13. The van der Waals surface area contributed by atoms with Crippen molar-refractivity contribution in [3.8, 4) is 0 Å². The average molecular weight is 278 g/mol. The zero-order valence-electron chi connectivity index (χ0n) is 11.2. The van der Waals surface area contributed by atoms with Crippen LogP contribution in [0.2, 0.25) is 0 Å². The molecule has 0 atom stereocenters. The van der Waals surface area contributed by atoms with Crippen LogP contribution in [-0.4, -0.2) is 24.5 Å². The molecule has 20 heavy (non-hydrogen) atoms. The van der Waals surface area contributed by atoms with Gasteiger partial charge in [0.25, 0.3) is 0 Å². The van der Waals surface area contributed by atoms with Crippen LogP contribution in [0.15, 0.2) is 24.3 Å². The van der Waals surface area contributed by atoms with E-state index in [9.17, 15) is 19.5 Å². The monoisotopic (exact) mass is 278 g/mol. The summed E-state index contributed by atoms with van der Waals surface area (Å²) in [7, 11) is 0. The fourth-order valence-electron chi connectivity index (χ4n) is 1.41. The van der Waals surface area contributed by atoms with Gasteiger partial charge < -0.3 is 20.0 Å². The first kappa shape index (κ1) is 15.7. The van der Waals surface area contributed by atoms with Gasteiger partial charge in [0, 0.05) is 18.1 Å². The first-order valence-electron chi connectivity index (χ1n) is 6.29. The summed E-state index contributed by atoms with van der Waals surface area (Å²) >= 11 is 0. The van der Waals surface area contributed by atoms with Crippen LogP contribution in [-0.2, 0) is 14.3 Å². The number of nitrogens with one attached hydrogen (secondary N) is 1. The van der Waals surface area contributed by atoms with E-state index in [4.69, 9.17) is 4.74 Å². The van der Waals surface area contributed by atoms with Gasteiger partial charge in [0.2, 0.25) is 5.91 Å². The number of benzene rings is 1. The number of esters is 1. The van der Waals surface area contributed by atoms with Crippen LogP contribution in [0.4, 0.5) is 5.69 Å². The minimum atomic E-state index is -1.27. The van der Waals surface area contributed by atoms with Gasteiger partial charge in [-0.25, -0.2) is 4.79 Å². The SMILES string of the molecule is CCCOC(=O)c1ccc(NC(=O)CCC(=O)[O-])cc1. The van der Waals surface area contributed by atoms with Gasteiger partial charge in [-0.1, -0.05) is 6.92 Å². The zero-order valence-corrected chi connectivity index (χ0v) is 11.2. The molecule has 0 radical (unpaired) electrons. The summed E-state index contributed by atoms with van der Waals surface area (Å²) in [5.41, 5.74) is 0.881. The van der Waals surface area contributed by atoms with Crippen molar-refractivity contribution < 1.29 is 24.2 Å². The minimum Gasteiger partial charge on any atom is -0.550 e. The average Bonchev–Trinajstić information content (AvgIpc) is 2.43. The number of hydrogen-bond acceptors (Lipinski definition) is 5. The second-order valence-electron chi connectivity index (χ2n) is 4.13. The van der Waals surface area contributed by atoms with Crippen molar-refractivity contribution in [1.29, 1.82) is 0 Å². The maximum Gasteiger partial charge on any atom is 0.338 e. The van der Waals surface area contributed by atoms with Crippen molar-refractivity contribution in [3.63, 3.8) is 0 Å². The van der Waals surface area contributed by atoms with Crippen LogP contribution in [0.3, 0.4) is 0 Å². The molecule has 1 N–H and O–H groups in total.